The molecule has 2 heterocycles. The molecule has 1 aromatic heterocycles. The number of alkyl halides is 3. The van der Waals surface area contributed by atoms with Gasteiger partial charge < -0.3 is 4.84 Å². The van der Waals surface area contributed by atoms with Gasteiger partial charge in [0.2, 0.25) is 5.69 Å². The molecule has 1 saturated carbocycles. The number of hydrogen-bond acceptors (Lipinski definition) is 6. The average molecular weight is 366 g/mol. The van der Waals surface area contributed by atoms with Crippen molar-refractivity contribution in [3.8, 4) is 0 Å². The Balaban J connectivity index is 1.64. The topological polar surface area (TPSA) is 94.4 Å². The summed E-state index contributed by atoms with van der Waals surface area (Å²) in [5.41, 5.74) is -2.48. The minimum absolute atomic E-state index is 0.0111. The van der Waals surface area contributed by atoms with Crippen molar-refractivity contribution in [2.24, 2.45) is 0 Å². The fraction of sp³-hybridized carbons (Fsp3) is 0.267. The van der Waals surface area contributed by atoms with Crippen molar-refractivity contribution < 1.29 is 32.4 Å². The van der Waals surface area contributed by atoms with E-state index in [2.05, 4.69) is 15.1 Å². The quantitative estimate of drug-likeness (QED) is 0.771. The summed E-state index contributed by atoms with van der Waals surface area (Å²) in [5, 5.41) is 6.76. The first kappa shape index (κ1) is 16.2. The molecule has 0 saturated heterocycles. The molecule has 2 aromatic rings. The highest BCUT2D eigenvalue weighted by Gasteiger charge is 2.47. The number of fused-ring (bicyclic) bond motifs is 1. The van der Waals surface area contributed by atoms with E-state index in [4.69, 9.17) is 0 Å². The third kappa shape index (κ3) is 2.43. The lowest BCUT2D eigenvalue weighted by Gasteiger charge is -2.13. The van der Waals surface area contributed by atoms with Crippen molar-refractivity contribution in [1.82, 2.24) is 20.1 Å². The summed E-state index contributed by atoms with van der Waals surface area (Å²) < 4.78 is 40.6. The standard InChI is InChI=1S/C15H9F3N4O4/c16-15(17,18)11-10(19-20-21(11)7-5-6-7)14(25)26-22-12(23)8-3-1-2-4-9(8)13(22)24/h1-4,7H,5-6H2. The fourth-order valence-electron chi connectivity index (χ4n) is 2.65. The minimum atomic E-state index is -4.90. The number of carbonyl (C=O) groups is 3. The van der Waals surface area contributed by atoms with Crippen LogP contribution in [-0.2, 0) is 11.0 Å². The lowest BCUT2D eigenvalue weighted by Crippen LogP contribution is -2.33. The number of hydroxylamine groups is 2. The zero-order valence-electron chi connectivity index (χ0n) is 12.9. The minimum Gasteiger partial charge on any atom is -0.322 e. The van der Waals surface area contributed by atoms with Crippen LogP contribution in [0.25, 0.3) is 0 Å². The maximum absolute atomic E-state index is 13.3. The highest BCUT2D eigenvalue weighted by Crippen LogP contribution is 2.40. The second-order valence-corrected chi connectivity index (χ2v) is 5.79. The number of hydrogen-bond donors (Lipinski definition) is 0. The van der Waals surface area contributed by atoms with E-state index >= 15 is 0 Å². The van der Waals surface area contributed by atoms with Crippen LogP contribution in [0.2, 0.25) is 0 Å². The van der Waals surface area contributed by atoms with Gasteiger partial charge in [0.1, 0.15) is 0 Å². The number of aromatic nitrogens is 3. The molecule has 0 spiro atoms. The molecule has 1 aromatic carbocycles. The van der Waals surface area contributed by atoms with Crippen LogP contribution in [-0.4, -0.2) is 37.8 Å². The third-order valence-corrected chi connectivity index (χ3v) is 3.98. The Kier molecular flexibility index (Phi) is 3.36. The maximum atomic E-state index is 13.3. The second-order valence-electron chi connectivity index (χ2n) is 5.79. The highest BCUT2D eigenvalue weighted by molar-refractivity contribution is 6.21. The summed E-state index contributed by atoms with van der Waals surface area (Å²) in [6.07, 6.45) is -3.93. The van der Waals surface area contributed by atoms with Gasteiger partial charge >= 0.3 is 12.1 Å². The van der Waals surface area contributed by atoms with Crippen molar-refractivity contribution in [2.45, 2.75) is 25.1 Å². The summed E-state index contributed by atoms with van der Waals surface area (Å²) >= 11 is 0. The lowest BCUT2D eigenvalue weighted by molar-refractivity contribution is -0.145. The molecule has 134 valence electrons. The van der Waals surface area contributed by atoms with Crippen LogP contribution in [0.5, 0.6) is 0 Å². The summed E-state index contributed by atoms with van der Waals surface area (Å²) in [7, 11) is 0. The molecule has 0 bridgehead atoms. The number of rotatable bonds is 3. The molecule has 4 rings (SSSR count). The van der Waals surface area contributed by atoms with Crippen LogP contribution in [0, 0.1) is 0 Å². The summed E-state index contributed by atoms with van der Waals surface area (Å²) in [6, 6.07) is 5.19. The molecular weight excluding hydrogens is 357 g/mol. The van der Waals surface area contributed by atoms with E-state index in [0.29, 0.717) is 17.5 Å². The van der Waals surface area contributed by atoms with Gasteiger partial charge in [-0.05, 0) is 25.0 Å². The van der Waals surface area contributed by atoms with E-state index in [-0.39, 0.29) is 16.2 Å². The number of imide groups is 1. The van der Waals surface area contributed by atoms with Gasteiger partial charge in [0, 0.05) is 0 Å². The summed E-state index contributed by atoms with van der Waals surface area (Å²) in [4.78, 5) is 41.1. The molecule has 1 fully saturated rings. The number of halogens is 3. The smallest absolute Gasteiger partial charge is 0.322 e. The normalized spacial score (nSPS) is 16.8. The SMILES string of the molecule is O=C(ON1C(=O)c2ccccc2C1=O)c1nnn(C2CC2)c1C(F)(F)F. The van der Waals surface area contributed by atoms with Gasteiger partial charge in [-0.2, -0.15) is 13.2 Å². The van der Waals surface area contributed by atoms with E-state index < -0.39 is 41.4 Å². The molecule has 11 heteroatoms. The van der Waals surface area contributed by atoms with Gasteiger partial charge in [-0.15, -0.1) is 5.10 Å². The third-order valence-electron chi connectivity index (χ3n) is 3.98. The first-order valence-corrected chi connectivity index (χ1v) is 7.51. The number of benzene rings is 1. The van der Waals surface area contributed by atoms with Crippen molar-refractivity contribution in [3.63, 3.8) is 0 Å². The van der Waals surface area contributed by atoms with Gasteiger partial charge in [0.05, 0.1) is 17.2 Å². The van der Waals surface area contributed by atoms with Crippen molar-refractivity contribution in [3.05, 3.63) is 46.8 Å². The Labute approximate surface area is 143 Å². The Morgan fingerprint density at radius 3 is 2.19 bits per heavy atom. The molecule has 8 nitrogen and oxygen atoms in total. The van der Waals surface area contributed by atoms with Crippen LogP contribution in [0.1, 0.15) is 55.8 Å². The number of carbonyl (C=O) groups excluding carboxylic acids is 3. The molecule has 0 radical (unpaired) electrons. The largest absolute Gasteiger partial charge is 0.435 e. The number of nitrogens with zero attached hydrogens (tertiary/aromatic N) is 4. The van der Waals surface area contributed by atoms with Crippen LogP contribution in [0.15, 0.2) is 24.3 Å². The first-order chi connectivity index (χ1) is 12.3. The molecule has 2 amide bonds. The maximum Gasteiger partial charge on any atom is 0.435 e. The Bertz CT molecular complexity index is 914. The van der Waals surface area contributed by atoms with Gasteiger partial charge in [-0.3, -0.25) is 9.59 Å². The predicted octanol–water partition coefficient (Wildman–Crippen LogP) is 2.00. The van der Waals surface area contributed by atoms with Gasteiger partial charge in [0.15, 0.2) is 5.69 Å². The van der Waals surface area contributed by atoms with Crippen molar-refractivity contribution in [1.29, 1.82) is 0 Å². The predicted molar refractivity (Wildman–Crippen MR) is 75.7 cm³/mol. The molecule has 26 heavy (non-hydrogen) atoms. The lowest BCUT2D eigenvalue weighted by atomic mass is 10.1. The Morgan fingerprint density at radius 2 is 1.69 bits per heavy atom. The molecule has 1 aliphatic heterocycles. The molecular formula is C15H9F3N4O4. The van der Waals surface area contributed by atoms with Crippen molar-refractivity contribution >= 4 is 17.8 Å². The monoisotopic (exact) mass is 366 g/mol. The van der Waals surface area contributed by atoms with Gasteiger partial charge in [0.25, 0.3) is 11.8 Å². The summed E-state index contributed by atoms with van der Waals surface area (Å²) in [6.45, 7) is 0. The zero-order chi connectivity index (χ0) is 18.6. The van der Waals surface area contributed by atoms with Crippen molar-refractivity contribution in [2.75, 3.05) is 0 Å². The number of amides is 2. The fourth-order valence-corrected chi connectivity index (χ4v) is 2.65. The second kappa shape index (κ2) is 5.38. The van der Waals surface area contributed by atoms with Gasteiger partial charge in [-0.25, -0.2) is 9.48 Å². The first-order valence-electron chi connectivity index (χ1n) is 7.51. The average Bonchev–Trinajstić information content (AvgIpc) is 3.29. The van der Waals surface area contributed by atoms with E-state index in [0.717, 1.165) is 0 Å². The molecule has 0 atom stereocenters. The van der Waals surface area contributed by atoms with Crippen LogP contribution in [0.3, 0.4) is 0 Å². The molecule has 0 unspecified atom stereocenters. The van der Waals surface area contributed by atoms with E-state index in [1.165, 1.54) is 24.3 Å². The zero-order valence-corrected chi connectivity index (χ0v) is 12.9. The highest BCUT2D eigenvalue weighted by atomic mass is 19.4. The summed E-state index contributed by atoms with van der Waals surface area (Å²) in [5.74, 6) is -3.47. The van der Waals surface area contributed by atoms with Crippen LogP contribution in [0.4, 0.5) is 13.2 Å². The van der Waals surface area contributed by atoms with Crippen LogP contribution >= 0.6 is 0 Å². The molecule has 0 N–H and O–H groups in total. The van der Waals surface area contributed by atoms with Crippen LogP contribution < -0.4 is 0 Å². The Morgan fingerprint density at radius 1 is 1.12 bits per heavy atom. The van der Waals surface area contributed by atoms with Gasteiger partial charge in [-0.1, -0.05) is 22.4 Å². The van der Waals surface area contributed by atoms with E-state index in [1.807, 2.05) is 0 Å². The molecule has 2 aliphatic rings. The van der Waals surface area contributed by atoms with E-state index in [9.17, 15) is 27.6 Å². The Hall–Kier alpha value is -3.24. The molecule has 1 aliphatic carbocycles. The van der Waals surface area contributed by atoms with E-state index in [1.54, 1.807) is 0 Å².